The van der Waals surface area contributed by atoms with Crippen molar-refractivity contribution in [3.63, 3.8) is 0 Å². The van der Waals surface area contributed by atoms with E-state index in [1.54, 1.807) is 20.8 Å². The average Bonchev–Trinajstić information content (AvgIpc) is 2.44. The molecule has 0 aromatic carbocycles. The van der Waals surface area contributed by atoms with Gasteiger partial charge in [0.25, 0.3) is 0 Å². The monoisotopic (exact) mass is 226 g/mol. The van der Waals surface area contributed by atoms with Gasteiger partial charge in [-0.05, 0) is 27.2 Å². The summed E-state index contributed by atoms with van der Waals surface area (Å²) in [6, 6.07) is 0. The van der Waals surface area contributed by atoms with Crippen LogP contribution < -0.4 is 0 Å². The number of carbonyl (C=O) groups excluding carboxylic acids is 2. The Hall–Kier alpha value is -1.32. The number of carbonyl (C=O) groups is 2. The van der Waals surface area contributed by atoms with E-state index in [4.69, 9.17) is 9.47 Å². The molecule has 0 spiro atoms. The maximum absolute atomic E-state index is 11.6. The van der Waals surface area contributed by atoms with Crippen LogP contribution in [0.2, 0.25) is 0 Å². The van der Waals surface area contributed by atoms with Crippen molar-refractivity contribution in [3.8, 4) is 0 Å². The van der Waals surface area contributed by atoms with Crippen LogP contribution in [0.5, 0.6) is 0 Å². The van der Waals surface area contributed by atoms with Crippen LogP contribution in [-0.4, -0.2) is 24.0 Å². The standard InChI is InChI=1S/C12H18O4/c1-5-8-7-15-9(11(8)14)6-10(13)16-12(2,3)4/h6,8H,5,7H2,1-4H3. The molecule has 1 fully saturated rings. The Balaban J connectivity index is 2.65. The molecule has 0 aliphatic carbocycles. The lowest BCUT2D eigenvalue weighted by Gasteiger charge is -2.18. The van der Waals surface area contributed by atoms with E-state index in [0.717, 1.165) is 12.5 Å². The van der Waals surface area contributed by atoms with Crippen LogP contribution in [0.25, 0.3) is 0 Å². The molecule has 0 bridgehead atoms. The topological polar surface area (TPSA) is 52.6 Å². The zero-order valence-corrected chi connectivity index (χ0v) is 10.2. The van der Waals surface area contributed by atoms with Gasteiger partial charge in [-0.15, -0.1) is 0 Å². The number of hydrogen-bond donors (Lipinski definition) is 0. The molecule has 4 heteroatoms. The fourth-order valence-corrected chi connectivity index (χ4v) is 1.39. The highest BCUT2D eigenvalue weighted by molar-refractivity contribution is 6.01. The molecule has 1 saturated heterocycles. The first-order chi connectivity index (χ1) is 7.33. The molecule has 1 rings (SSSR count). The Morgan fingerprint density at radius 3 is 2.62 bits per heavy atom. The molecule has 16 heavy (non-hydrogen) atoms. The summed E-state index contributed by atoms with van der Waals surface area (Å²) in [6.07, 6.45) is 1.87. The van der Waals surface area contributed by atoms with Crippen LogP contribution >= 0.6 is 0 Å². The second-order valence-corrected chi connectivity index (χ2v) is 4.82. The van der Waals surface area contributed by atoms with Crippen molar-refractivity contribution in [2.75, 3.05) is 6.61 Å². The Morgan fingerprint density at radius 1 is 1.56 bits per heavy atom. The number of allylic oxidation sites excluding steroid dienone is 1. The van der Waals surface area contributed by atoms with Crippen LogP contribution in [0, 0.1) is 5.92 Å². The van der Waals surface area contributed by atoms with Crippen LogP contribution in [0.3, 0.4) is 0 Å². The van der Waals surface area contributed by atoms with Gasteiger partial charge in [0.15, 0.2) is 5.76 Å². The van der Waals surface area contributed by atoms with Gasteiger partial charge >= 0.3 is 5.97 Å². The minimum atomic E-state index is -0.556. The van der Waals surface area contributed by atoms with Gasteiger partial charge in [0, 0.05) is 0 Å². The van der Waals surface area contributed by atoms with E-state index >= 15 is 0 Å². The third kappa shape index (κ3) is 3.36. The van der Waals surface area contributed by atoms with Gasteiger partial charge < -0.3 is 9.47 Å². The third-order valence-corrected chi connectivity index (χ3v) is 2.20. The fourth-order valence-electron chi connectivity index (χ4n) is 1.39. The van der Waals surface area contributed by atoms with Crippen molar-refractivity contribution in [3.05, 3.63) is 11.8 Å². The molecule has 1 heterocycles. The van der Waals surface area contributed by atoms with Crippen molar-refractivity contribution in [1.29, 1.82) is 0 Å². The normalized spacial score (nSPS) is 23.4. The van der Waals surface area contributed by atoms with Crippen LogP contribution in [0.15, 0.2) is 11.8 Å². The first kappa shape index (κ1) is 12.7. The average molecular weight is 226 g/mol. The molecule has 0 amide bonds. The van der Waals surface area contributed by atoms with Gasteiger partial charge in [-0.3, -0.25) is 4.79 Å². The zero-order valence-electron chi connectivity index (χ0n) is 10.2. The molecule has 90 valence electrons. The SMILES string of the molecule is CCC1COC(=CC(=O)OC(C)(C)C)C1=O. The highest BCUT2D eigenvalue weighted by Gasteiger charge is 2.30. The lowest BCUT2D eigenvalue weighted by Crippen LogP contribution is -2.23. The van der Waals surface area contributed by atoms with Crippen molar-refractivity contribution in [1.82, 2.24) is 0 Å². The van der Waals surface area contributed by atoms with Gasteiger partial charge in [-0.1, -0.05) is 6.92 Å². The molecule has 0 aromatic rings. The van der Waals surface area contributed by atoms with Crippen molar-refractivity contribution in [2.45, 2.75) is 39.7 Å². The minimum Gasteiger partial charge on any atom is -0.489 e. The third-order valence-electron chi connectivity index (χ3n) is 2.20. The van der Waals surface area contributed by atoms with Crippen molar-refractivity contribution in [2.24, 2.45) is 5.92 Å². The Morgan fingerprint density at radius 2 is 2.19 bits per heavy atom. The predicted molar refractivity (Wildman–Crippen MR) is 58.7 cm³/mol. The van der Waals surface area contributed by atoms with E-state index in [1.807, 2.05) is 6.92 Å². The molecule has 1 aliphatic heterocycles. The summed E-state index contributed by atoms with van der Waals surface area (Å²) < 4.78 is 10.2. The van der Waals surface area contributed by atoms with Crippen LogP contribution in [-0.2, 0) is 19.1 Å². The van der Waals surface area contributed by atoms with Crippen LogP contribution in [0.1, 0.15) is 34.1 Å². The maximum Gasteiger partial charge on any atom is 0.335 e. The molecule has 0 radical (unpaired) electrons. The number of rotatable bonds is 2. The lowest BCUT2D eigenvalue weighted by atomic mass is 10.0. The van der Waals surface area contributed by atoms with Crippen LogP contribution in [0.4, 0.5) is 0 Å². The summed E-state index contributed by atoms with van der Waals surface area (Å²) in [5.74, 6) is -0.629. The molecular formula is C12H18O4. The van der Waals surface area contributed by atoms with Gasteiger partial charge in [0.2, 0.25) is 5.78 Å². The molecular weight excluding hydrogens is 208 g/mol. The summed E-state index contributed by atoms with van der Waals surface area (Å²) in [4.78, 5) is 23.1. The summed E-state index contributed by atoms with van der Waals surface area (Å²) >= 11 is 0. The van der Waals surface area contributed by atoms with E-state index in [-0.39, 0.29) is 17.5 Å². The first-order valence-corrected chi connectivity index (χ1v) is 5.45. The van der Waals surface area contributed by atoms with E-state index in [9.17, 15) is 9.59 Å². The zero-order chi connectivity index (χ0) is 12.3. The second-order valence-electron chi connectivity index (χ2n) is 4.82. The Labute approximate surface area is 95.6 Å². The van der Waals surface area contributed by atoms with E-state index in [2.05, 4.69) is 0 Å². The summed E-state index contributed by atoms with van der Waals surface area (Å²) in [6.45, 7) is 7.60. The second kappa shape index (κ2) is 4.68. The molecule has 0 saturated carbocycles. The number of hydrogen-bond acceptors (Lipinski definition) is 4. The van der Waals surface area contributed by atoms with Gasteiger partial charge in [0.05, 0.1) is 18.6 Å². The smallest absolute Gasteiger partial charge is 0.335 e. The van der Waals surface area contributed by atoms with Gasteiger partial charge in [0.1, 0.15) is 5.60 Å². The van der Waals surface area contributed by atoms with Crippen molar-refractivity contribution < 1.29 is 19.1 Å². The summed E-state index contributed by atoms with van der Waals surface area (Å²) in [5, 5.41) is 0. The largest absolute Gasteiger partial charge is 0.489 e. The van der Waals surface area contributed by atoms with Gasteiger partial charge in [-0.25, -0.2) is 4.79 Å². The molecule has 0 aromatic heterocycles. The molecule has 1 aliphatic rings. The number of ketones is 1. The Bertz CT molecular complexity index is 322. The Kier molecular flexibility index (Phi) is 3.73. The first-order valence-electron chi connectivity index (χ1n) is 5.45. The number of esters is 1. The molecule has 0 N–H and O–H groups in total. The highest BCUT2D eigenvalue weighted by Crippen LogP contribution is 2.21. The minimum absolute atomic E-state index is 0.103. The molecule has 1 atom stereocenters. The molecule has 4 nitrogen and oxygen atoms in total. The molecule has 1 unspecified atom stereocenters. The number of Topliss-reactive ketones (excluding diaryl/α,β-unsaturated/α-hetero) is 1. The van der Waals surface area contributed by atoms with Crippen molar-refractivity contribution >= 4 is 11.8 Å². The lowest BCUT2D eigenvalue weighted by molar-refractivity contribution is -0.148. The highest BCUT2D eigenvalue weighted by atomic mass is 16.6. The number of ether oxygens (including phenoxy) is 2. The summed E-state index contributed by atoms with van der Waals surface area (Å²) in [5.41, 5.74) is -0.556. The maximum atomic E-state index is 11.6. The van der Waals surface area contributed by atoms with E-state index in [1.165, 1.54) is 0 Å². The predicted octanol–water partition coefficient (Wildman–Crippen LogP) is 1.84. The summed E-state index contributed by atoms with van der Waals surface area (Å²) in [7, 11) is 0. The van der Waals surface area contributed by atoms with E-state index in [0.29, 0.717) is 6.61 Å². The fraction of sp³-hybridized carbons (Fsp3) is 0.667. The van der Waals surface area contributed by atoms with Gasteiger partial charge in [-0.2, -0.15) is 0 Å². The quantitative estimate of drug-likeness (QED) is 0.532. The van der Waals surface area contributed by atoms with E-state index < -0.39 is 11.6 Å².